The van der Waals surface area contributed by atoms with E-state index in [1.807, 2.05) is 0 Å². The Morgan fingerprint density at radius 1 is 1.60 bits per heavy atom. The highest BCUT2D eigenvalue weighted by Crippen LogP contribution is 2.04. The highest BCUT2D eigenvalue weighted by atomic mass is 16.1. The van der Waals surface area contributed by atoms with Crippen molar-refractivity contribution in [1.82, 2.24) is 30.9 Å². The maximum atomic E-state index is 11.6. The molecule has 1 atom stereocenters. The number of nitrogens with zero attached hydrogens (tertiary/aromatic N) is 3. The van der Waals surface area contributed by atoms with E-state index in [4.69, 9.17) is 0 Å². The van der Waals surface area contributed by atoms with Gasteiger partial charge < -0.3 is 10.3 Å². The number of carbonyl (C=O) groups excluding carboxylic acids is 1. The van der Waals surface area contributed by atoms with Gasteiger partial charge in [-0.3, -0.25) is 4.79 Å². The van der Waals surface area contributed by atoms with Crippen LogP contribution in [0.4, 0.5) is 0 Å². The maximum Gasteiger partial charge on any atom is 0.268 e. The Kier molecular flexibility index (Phi) is 2.44. The molecule has 0 aliphatic carbocycles. The van der Waals surface area contributed by atoms with Crippen molar-refractivity contribution in [2.24, 2.45) is 0 Å². The Hall–Kier alpha value is -2.18. The second-order valence-electron chi connectivity index (χ2n) is 3.05. The monoisotopic (exact) mass is 206 g/mol. The van der Waals surface area contributed by atoms with Gasteiger partial charge in [0.25, 0.3) is 5.91 Å². The van der Waals surface area contributed by atoms with Crippen molar-refractivity contribution in [1.29, 1.82) is 0 Å². The Bertz CT molecular complexity index is 420. The van der Waals surface area contributed by atoms with Crippen LogP contribution in [0.2, 0.25) is 0 Å². The van der Waals surface area contributed by atoms with Crippen LogP contribution in [0.5, 0.6) is 0 Å². The van der Waals surface area contributed by atoms with Gasteiger partial charge in [-0.05, 0) is 19.1 Å². The predicted molar refractivity (Wildman–Crippen MR) is 50.9 cm³/mol. The van der Waals surface area contributed by atoms with Crippen LogP contribution >= 0.6 is 0 Å². The highest BCUT2D eigenvalue weighted by molar-refractivity contribution is 5.92. The van der Waals surface area contributed by atoms with Crippen LogP contribution in [-0.2, 0) is 0 Å². The van der Waals surface area contributed by atoms with Gasteiger partial charge in [0.15, 0.2) is 5.82 Å². The number of hydrogen-bond donors (Lipinski definition) is 3. The van der Waals surface area contributed by atoms with Crippen LogP contribution in [0.3, 0.4) is 0 Å². The minimum atomic E-state index is -0.278. The zero-order valence-electron chi connectivity index (χ0n) is 8.06. The summed E-state index contributed by atoms with van der Waals surface area (Å²) in [7, 11) is 0. The summed E-state index contributed by atoms with van der Waals surface area (Å²) < 4.78 is 0. The molecular formula is C8H10N6O. The van der Waals surface area contributed by atoms with Crippen molar-refractivity contribution >= 4 is 5.91 Å². The molecule has 15 heavy (non-hydrogen) atoms. The molecule has 1 amide bonds. The highest BCUT2D eigenvalue weighted by Gasteiger charge is 2.14. The third-order valence-corrected chi connectivity index (χ3v) is 1.94. The molecule has 2 heterocycles. The van der Waals surface area contributed by atoms with E-state index in [2.05, 4.69) is 30.9 Å². The molecule has 7 nitrogen and oxygen atoms in total. The number of carbonyl (C=O) groups is 1. The Labute approximate surface area is 85.3 Å². The molecule has 0 fully saturated rings. The lowest BCUT2D eigenvalue weighted by atomic mass is 10.3. The fourth-order valence-electron chi connectivity index (χ4n) is 1.16. The van der Waals surface area contributed by atoms with E-state index in [1.165, 1.54) is 0 Å². The van der Waals surface area contributed by atoms with Crippen LogP contribution in [0, 0.1) is 0 Å². The van der Waals surface area contributed by atoms with Crippen molar-refractivity contribution < 1.29 is 4.79 Å². The quantitative estimate of drug-likeness (QED) is 0.659. The zero-order chi connectivity index (χ0) is 10.7. The van der Waals surface area contributed by atoms with Crippen molar-refractivity contribution in [2.45, 2.75) is 13.0 Å². The predicted octanol–water partition coefficient (Wildman–Crippen LogP) is 0.0188. The average Bonchev–Trinajstić information content (AvgIpc) is 2.91. The van der Waals surface area contributed by atoms with Gasteiger partial charge in [-0.2, -0.15) is 5.21 Å². The summed E-state index contributed by atoms with van der Waals surface area (Å²) in [6, 6.07) is 3.17. The van der Waals surface area contributed by atoms with Gasteiger partial charge in [-0.15, -0.1) is 10.2 Å². The van der Waals surface area contributed by atoms with E-state index in [-0.39, 0.29) is 11.9 Å². The summed E-state index contributed by atoms with van der Waals surface area (Å²) in [6.07, 6.45) is 1.69. The summed E-state index contributed by atoms with van der Waals surface area (Å²) in [5.74, 6) is 0.257. The first kappa shape index (κ1) is 9.38. The third-order valence-electron chi connectivity index (χ3n) is 1.94. The number of aromatic amines is 2. The van der Waals surface area contributed by atoms with Crippen molar-refractivity contribution in [2.75, 3.05) is 0 Å². The number of tetrazole rings is 1. The maximum absolute atomic E-state index is 11.6. The molecule has 2 aromatic heterocycles. The van der Waals surface area contributed by atoms with Gasteiger partial charge >= 0.3 is 0 Å². The van der Waals surface area contributed by atoms with E-state index < -0.39 is 0 Å². The lowest BCUT2D eigenvalue weighted by molar-refractivity contribution is 0.0934. The van der Waals surface area contributed by atoms with Gasteiger partial charge in [0.1, 0.15) is 5.69 Å². The van der Waals surface area contributed by atoms with Crippen LogP contribution in [0.25, 0.3) is 0 Å². The molecule has 0 saturated carbocycles. The lowest BCUT2D eigenvalue weighted by Crippen LogP contribution is -2.27. The average molecular weight is 206 g/mol. The van der Waals surface area contributed by atoms with Gasteiger partial charge in [0.2, 0.25) is 0 Å². The van der Waals surface area contributed by atoms with Crippen molar-refractivity contribution in [3.05, 3.63) is 29.8 Å². The molecule has 3 N–H and O–H groups in total. The minimum absolute atomic E-state index is 0.197. The Morgan fingerprint density at radius 3 is 3.07 bits per heavy atom. The molecule has 0 aromatic carbocycles. The first-order valence-electron chi connectivity index (χ1n) is 4.45. The lowest BCUT2D eigenvalue weighted by Gasteiger charge is -2.08. The summed E-state index contributed by atoms with van der Waals surface area (Å²) in [5.41, 5.74) is 0.505. The van der Waals surface area contributed by atoms with Crippen LogP contribution in [0.15, 0.2) is 18.3 Å². The Morgan fingerprint density at radius 2 is 2.47 bits per heavy atom. The molecule has 78 valence electrons. The summed E-state index contributed by atoms with van der Waals surface area (Å²) in [5, 5.41) is 16.0. The van der Waals surface area contributed by atoms with Crippen LogP contribution in [0.1, 0.15) is 29.3 Å². The van der Waals surface area contributed by atoms with Gasteiger partial charge in [0.05, 0.1) is 6.04 Å². The summed E-state index contributed by atoms with van der Waals surface area (Å²) in [4.78, 5) is 14.4. The normalized spacial score (nSPS) is 12.3. The fourth-order valence-corrected chi connectivity index (χ4v) is 1.16. The van der Waals surface area contributed by atoms with Crippen molar-refractivity contribution in [3.8, 4) is 0 Å². The molecular weight excluding hydrogens is 196 g/mol. The fraction of sp³-hybridized carbons (Fsp3) is 0.250. The van der Waals surface area contributed by atoms with Crippen molar-refractivity contribution in [3.63, 3.8) is 0 Å². The van der Waals surface area contributed by atoms with E-state index >= 15 is 0 Å². The van der Waals surface area contributed by atoms with E-state index in [1.54, 1.807) is 25.3 Å². The largest absolute Gasteiger partial charge is 0.357 e. The number of amides is 1. The molecule has 2 rings (SSSR count). The second-order valence-corrected chi connectivity index (χ2v) is 3.05. The van der Waals surface area contributed by atoms with Gasteiger partial charge in [-0.1, -0.05) is 5.21 Å². The van der Waals surface area contributed by atoms with Gasteiger partial charge in [-0.25, -0.2) is 0 Å². The molecule has 0 radical (unpaired) electrons. The number of aromatic nitrogens is 5. The molecule has 7 heteroatoms. The number of nitrogens with one attached hydrogen (secondary N) is 3. The molecule has 0 aliphatic heterocycles. The molecule has 0 spiro atoms. The first-order valence-corrected chi connectivity index (χ1v) is 4.45. The molecule has 2 aromatic rings. The van der Waals surface area contributed by atoms with Crippen LogP contribution < -0.4 is 5.32 Å². The molecule has 1 unspecified atom stereocenters. The second kappa shape index (κ2) is 3.91. The number of rotatable bonds is 3. The summed E-state index contributed by atoms with van der Waals surface area (Å²) in [6.45, 7) is 1.78. The van der Waals surface area contributed by atoms with Crippen LogP contribution in [-0.4, -0.2) is 31.5 Å². The number of hydrogen-bond acceptors (Lipinski definition) is 4. The Balaban J connectivity index is 2.01. The molecule has 0 bridgehead atoms. The SMILES string of the molecule is CC(NC(=O)c1ccc[nH]1)c1nn[nH]n1. The van der Waals surface area contributed by atoms with E-state index in [0.717, 1.165) is 0 Å². The standard InChI is InChI=1S/C8H10N6O/c1-5(7-11-13-14-12-7)10-8(15)6-3-2-4-9-6/h2-5,9H,1H3,(H,10,15)(H,11,12,13,14). The van der Waals surface area contributed by atoms with E-state index in [9.17, 15) is 4.79 Å². The first-order chi connectivity index (χ1) is 7.27. The number of H-pyrrole nitrogens is 2. The van der Waals surface area contributed by atoms with E-state index in [0.29, 0.717) is 11.5 Å². The van der Waals surface area contributed by atoms with Gasteiger partial charge in [0, 0.05) is 6.20 Å². The summed E-state index contributed by atoms with van der Waals surface area (Å²) >= 11 is 0. The zero-order valence-corrected chi connectivity index (χ0v) is 8.06. The molecule has 0 saturated heterocycles. The smallest absolute Gasteiger partial charge is 0.268 e. The minimum Gasteiger partial charge on any atom is -0.357 e. The topological polar surface area (TPSA) is 99.4 Å². The third kappa shape index (κ3) is 2.01. The molecule has 0 aliphatic rings.